The smallest absolute Gasteiger partial charge is 0.400 e. The Kier molecular flexibility index (Phi) is 15.0. The van der Waals surface area contributed by atoms with Crippen LogP contribution in [-0.4, -0.2) is 43.4 Å². The van der Waals surface area contributed by atoms with E-state index >= 15 is 0 Å². The van der Waals surface area contributed by atoms with Crippen LogP contribution in [0.15, 0.2) is 52.5 Å². The molecule has 0 spiro atoms. The molecule has 1 aromatic carbocycles. The van der Waals surface area contributed by atoms with E-state index in [2.05, 4.69) is 20.0 Å². The Morgan fingerprint density at radius 2 is 1.83 bits per heavy atom. The number of alkyl halides is 3. The van der Waals surface area contributed by atoms with Gasteiger partial charge in [-0.25, -0.2) is 9.98 Å². The number of halogens is 4. The quantitative estimate of drug-likeness (QED) is 0.183. The fourth-order valence-corrected chi connectivity index (χ4v) is 3.73. The highest BCUT2D eigenvalue weighted by Crippen LogP contribution is 2.38. The van der Waals surface area contributed by atoms with Crippen LogP contribution < -0.4 is 10.0 Å². The number of aliphatic imine (C=N–C) groups is 1. The summed E-state index contributed by atoms with van der Waals surface area (Å²) in [5.41, 5.74) is -0.0640. The molecule has 1 aliphatic rings. The second-order valence-electron chi connectivity index (χ2n) is 7.03. The zero-order valence-electron chi connectivity index (χ0n) is 21.0. The van der Waals surface area contributed by atoms with E-state index in [4.69, 9.17) is 9.84 Å². The number of pyridine rings is 1. The van der Waals surface area contributed by atoms with Gasteiger partial charge in [-0.15, -0.1) is 0 Å². The normalized spacial score (nSPS) is 12.9. The van der Waals surface area contributed by atoms with Crippen molar-refractivity contribution in [3.05, 3.63) is 58.6 Å². The van der Waals surface area contributed by atoms with Crippen molar-refractivity contribution < 1.29 is 27.4 Å². The molecule has 2 heterocycles. The minimum atomic E-state index is -4.58. The van der Waals surface area contributed by atoms with Crippen LogP contribution in [0.3, 0.4) is 0 Å². The monoisotopic (exact) mass is 530 g/mol. The van der Waals surface area contributed by atoms with Gasteiger partial charge in [-0.3, -0.25) is 0 Å². The second-order valence-corrected chi connectivity index (χ2v) is 7.86. The fraction of sp³-hybridized carbons (Fsp3) is 0.440. The maximum atomic E-state index is 13.7. The van der Waals surface area contributed by atoms with Crippen molar-refractivity contribution in [1.82, 2.24) is 10.3 Å². The number of ether oxygens (including phenoxy) is 1. The molecule has 0 aliphatic carbocycles. The van der Waals surface area contributed by atoms with Gasteiger partial charge in [0.25, 0.3) is 0 Å². The average Bonchev–Trinajstić information content (AvgIpc) is 2.89. The van der Waals surface area contributed by atoms with Gasteiger partial charge in [-0.05, 0) is 50.2 Å². The Balaban J connectivity index is 0.00000154. The molecule has 2 aromatic rings. The molecule has 0 atom stereocenters. The van der Waals surface area contributed by atoms with Gasteiger partial charge in [0.15, 0.2) is 5.97 Å². The fourth-order valence-electron chi connectivity index (χ4n) is 3.07. The molecular formula is C25H34F4N4O2S. The zero-order chi connectivity index (χ0) is 27.0. The second kappa shape index (κ2) is 17.1. The molecule has 0 saturated carbocycles. The Morgan fingerprint density at radius 1 is 1.11 bits per heavy atom. The van der Waals surface area contributed by atoms with Crippen molar-refractivity contribution in [2.75, 3.05) is 32.0 Å². The number of benzene rings is 1. The Hall–Kier alpha value is -2.47. The maximum absolute atomic E-state index is 13.7. The minimum absolute atomic E-state index is 0.173. The largest absolute Gasteiger partial charge is 0.418 e. The standard InChI is InChI=1S/C22H24F4N4OS.C2H6.CH4O/c1-27-12-5-13-31-14-15-6-2-3-7-16(15)21-17(22(24,25)26)10-11-19(29-21)30-32-20-9-4-8-18(23)28-20;2*1-2/h2-3,6-7,9-11,27H,4-5,8,12-14H2,1H3,(H,29,30);1-2H3;2H,1H3. The van der Waals surface area contributed by atoms with E-state index in [1.54, 1.807) is 30.3 Å². The van der Waals surface area contributed by atoms with E-state index in [1.807, 2.05) is 20.9 Å². The maximum Gasteiger partial charge on any atom is 0.418 e. The Labute approximate surface area is 214 Å². The van der Waals surface area contributed by atoms with Crippen LogP contribution in [0.2, 0.25) is 0 Å². The number of aliphatic hydroxyl groups excluding tert-OH is 1. The molecule has 36 heavy (non-hydrogen) atoms. The van der Waals surface area contributed by atoms with Gasteiger partial charge in [0.1, 0.15) is 10.8 Å². The number of nitrogens with one attached hydrogen (secondary N) is 2. The van der Waals surface area contributed by atoms with Gasteiger partial charge in [-0.2, -0.15) is 17.6 Å². The highest BCUT2D eigenvalue weighted by atomic mass is 32.2. The van der Waals surface area contributed by atoms with E-state index in [0.717, 1.165) is 38.1 Å². The van der Waals surface area contributed by atoms with E-state index in [9.17, 15) is 17.6 Å². The first-order valence-corrected chi connectivity index (χ1v) is 12.4. The van der Waals surface area contributed by atoms with Crippen LogP contribution in [0.1, 0.15) is 44.2 Å². The van der Waals surface area contributed by atoms with Crippen molar-refractivity contribution in [2.24, 2.45) is 4.99 Å². The van der Waals surface area contributed by atoms with Gasteiger partial charge < -0.3 is 19.9 Å². The van der Waals surface area contributed by atoms with Crippen molar-refractivity contribution in [2.45, 2.75) is 45.9 Å². The first kappa shape index (κ1) is 31.6. The number of hydrogen-bond acceptors (Lipinski definition) is 7. The number of rotatable bonds is 10. The number of hydrogen-bond donors (Lipinski definition) is 3. The highest BCUT2D eigenvalue weighted by molar-refractivity contribution is 8.04. The van der Waals surface area contributed by atoms with Crippen LogP contribution in [0.4, 0.5) is 23.4 Å². The number of anilines is 1. The summed E-state index contributed by atoms with van der Waals surface area (Å²) < 4.78 is 63.1. The molecule has 0 fully saturated rings. The average molecular weight is 531 g/mol. The lowest BCUT2D eigenvalue weighted by Gasteiger charge is -2.17. The zero-order valence-corrected chi connectivity index (χ0v) is 21.8. The summed E-state index contributed by atoms with van der Waals surface area (Å²) in [5, 5.41) is 10.4. The lowest BCUT2D eigenvalue weighted by molar-refractivity contribution is -0.137. The minimum Gasteiger partial charge on any atom is -0.400 e. The van der Waals surface area contributed by atoms with Gasteiger partial charge in [0, 0.05) is 37.6 Å². The molecule has 0 saturated heterocycles. The van der Waals surface area contributed by atoms with E-state index < -0.39 is 17.7 Å². The summed E-state index contributed by atoms with van der Waals surface area (Å²) in [6, 6.07) is 9.00. The third-order valence-electron chi connectivity index (χ3n) is 4.61. The first-order chi connectivity index (χ1) is 17.4. The molecule has 1 aliphatic heterocycles. The van der Waals surface area contributed by atoms with Gasteiger partial charge in [0.05, 0.1) is 17.9 Å². The molecule has 0 bridgehead atoms. The van der Waals surface area contributed by atoms with Crippen LogP contribution in [0, 0.1) is 0 Å². The summed E-state index contributed by atoms with van der Waals surface area (Å²) >= 11 is 1.01. The number of nitrogens with zero attached hydrogens (tertiary/aromatic N) is 2. The van der Waals surface area contributed by atoms with Crippen LogP contribution in [0.5, 0.6) is 0 Å². The van der Waals surface area contributed by atoms with Gasteiger partial charge in [-0.1, -0.05) is 38.1 Å². The molecule has 200 valence electrons. The van der Waals surface area contributed by atoms with E-state index in [-0.39, 0.29) is 24.5 Å². The molecule has 3 N–H and O–H groups in total. The molecule has 0 radical (unpaired) electrons. The molecule has 1 aromatic heterocycles. The van der Waals surface area contributed by atoms with Crippen LogP contribution in [0.25, 0.3) is 11.3 Å². The summed E-state index contributed by atoms with van der Waals surface area (Å²) in [6.45, 7) is 5.45. The third kappa shape index (κ3) is 10.3. The number of allylic oxidation sites excluding steroid dienone is 1. The predicted molar refractivity (Wildman–Crippen MR) is 139 cm³/mol. The first-order valence-electron chi connectivity index (χ1n) is 11.6. The van der Waals surface area contributed by atoms with Crippen LogP contribution in [-0.2, 0) is 17.5 Å². The summed E-state index contributed by atoms with van der Waals surface area (Å²) in [5.74, 6) is -0.258. The lowest BCUT2D eigenvalue weighted by Crippen LogP contribution is -2.11. The van der Waals surface area contributed by atoms with Crippen molar-refractivity contribution in [1.29, 1.82) is 0 Å². The van der Waals surface area contributed by atoms with Crippen LogP contribution >= 0.6 is 11.9 Å². The van der Waals surface area contributed by atoms with Gasteiger partial charge in [0.2, 0.25) is 0 Å². The molecule has 11 heteroatoms. The van der Waals surface area contributed by atoms with Crippen molar-refractivity contribution >= 4 is 23.7 Å². The molecule has 6 nitrogen and oxygen atoms in total. The van der Waals surface area contributed by atoms with Crippen molar-refractivity contribution in [3.8, 4) is 11.3 Å². The molecule has 3 rings (SSSR count). The highest BCUT2D eigenvalue weighted by Gasteiger charge is 2.35. The Morgan fingerprint density at radius 3 is 2.50 bits per heavy atom. The molecule has 0 amide bonds. The van der Waals surface area contributed by atoms with Crippen molar-refractivity contribution in [3.63, 3.8) is 0 Å². The summed E-state index contributed by atoms with van der Waals surface area (Å²) in [4.78, 5) is 8.03. The molecular weight excluding hydrogens is 496 g/mol. The summed E-state index contributed by atoms with van der Waals surface area (Å²) in [7, 11) is 2.84. The predicted octanol–water partition coefficient (Wildman–Crippen LogP) is 6.59. The van der Waals surface area contributed by atoms with E-state index in [1.165, 1.54) is 6.07 Å². The number of aromatic nitrogens is 1. The summed E-state index contributed by atoms with van der Waals surface area (Å²) in [6.07, 6.45) is -1.26. The SMILES string of the molecule is CC.CNCCCOCc1ccccc1-c1nc(NSC2=CCCC(F)=N2)ccc1C(F)(F)F.CO. The lowest BCUT2D eigenvalue weighted by atomic mass is 10.00. The topological polar surface area (TPSA) is 78.8 Å². The Bertz CT molecular complexity index is 985. The van der Waals surface area contributed by atoms with E-state index in [0.29, 0.717) is 29.2 Å². The third-order valence-corrected chi connectivity index (χ3v) is 5.39. The molecule has 0 unspecified atom stereocenters. The number of aliphatic hydroxyl groups is 1. The van der Waals surface area contributed by atoms with Gasteiger partial charge >= 0.3 is 6.18 Å².